The van der Waals surface area contributed by atoms with Crippen LogP contribution in [0.5, 0.6) is 0 Å². The van der Waals surface area contributed by atoms with Crippen LogP contribution in [0, 0.1) is 5.41 Å². The minimum atomic E-state index is -0.483. The molecular weight excluding hydrogens is 218 g/mol. The highest BCUT2D eigenvalue weighted by molar-refractivity contribution is 5.88. The second kappa shape index (κ2) is 5.04. The molecule has 0 unspecified atom stereocenters. The Bertz CT molecular complexity index is 305. The summed E-state index contributed by atoms with van der Waals surface area (Å²) in [6, 6.07) is 0. The lowest BCUT2D eigenvalue weighted by Crippen LogP contribution is -2.52. The molecule has 2 fully saturated rings. The third kappa shape index (κ3) is 2.60. The number of hydrogen-bond donors (Lipinski definition) is 2. The number of rotatable bonds is 3. The van der Waals surface area contributed by atoms with Crippen LogP contribution in [0.4, 0.5) is 0 Å². The van der Waals surface area contributed by atoms with E-state index in [-0.39, 0.29) is 18.2 Å². The SMILES string of the molecule is NC(=O)CC1(C(=O)N2CCNCC2)CCCC1. The Morgan fingerprint density at radius 2 is 1.76 bits per heavy atom. The number of primary amides is 1. The van der Waals surface area contributed by atoms with Gasteiger partial charge in [-0.2, -0.15) is 0 Å². The van der Waals surface area contributed by atoms with Gasteiger partial charge in [0.15, 0.2) is 0 Å². The van der Waals surface area contributed by atoms with E-state index in [1.165, 1.54) is 0 Å². The Hall–Kier alpha value is -1.10. The van der Waals surface area contributed by atoms with Crippen LogP contribution in [0.1, 0.15) is 32.1 Å². The molecule has 0 spiro atoms. The number of carbonyl (C=O) groups excluding carboxylic acids is 2. The van der Waals surface area contributed by atoms with E-state index in [0.717, 1.165) is 51.9 Å². The van der Waals surface area contributed by atoms with Gasteiger partial charge in [-0.3, -0.25) is 9.59 Å². The number of nitrogens with zero attached hydrogens (tertiary/aromatic N) is 1. The molecule has 3 N–H and O–H groups in total. The summed E-state index contributed by atoms with van der Waals surface area (Å²) in [4.78, 5) is 25.6. The highest BCUT2D eigenvalue weighted by Crippen LogP contribution is 2.42. The summed E-state index contributed by atoms with van der Waals surface area (Å²) in [6.45, 7) is 3.19. The van der Waals surface area contributed by atoms with Crippen LogP contribution in [0.25, 0.3) is 0 Å². The minimum absolute atomic E-state index is 0.148. The van der Waals surface area contributed by atoms with Crippen LogP contribution in [0.3, 0.4) is 0 Å². The zero-order valence-corrected chi connectivity index (χ0v) is 10.2. The van der Waals surface area contributed by atoms with Gasteiger partial charge in [0.25, 0.3) is 0 Å². The van der Waals surface area contributed by atoms with Gasteiger partial charge in [0.2, 0.25) is 11.8 Å². The van der Waals surface area contributed by atoms with Gasteiger partial charge in [-0.25, -0.2) is 0 Å². The number of piperazine rings is 1. The normalized spacial score (nSPS) is 23.6. The molecule has 0 aromatic rings. The van der Waals surface area contributed by atoms with Crippen LogP contribution in [-0.4, -0.2) is 42.9 Å². The lowest BCUT2D eigenvalue weighted by atomic mass is 9.80. The Balaban J connectivity index is 2.09. The van der Waals surface area contributed by atoms with Gasteiger partial charge in [-0.1, -0.05) is 12.8 Å². The second-order valence-corrected chi connectivity index (χ2v) is 5.17. The monoisotopic (exact) mass is 239 g/mol. The van der Waals surface area contributed by atoms with Gasteiger partial charge < -0.3 is 16.0 Å². The van der Waals surface area contributed by atoms with E-state index in [1.54, 1.807) is 0 Å². The third-order valence-corrected chi connectivity index (χ3v) is 3.93. The van der Waals surface area contributed by atoms with Crippen molar-refractivity contribution in [1.82, 2.24) is 10.2 Å². The summed E-state index contributed by atoms with van der Waals surface area (Å²) in [7, 11) is 0. The Morgan fingerprint density at radius 3 is 2.29 bits per heavy atom. The van der Waals surface area contributed by atoms with Gasteiger partial charge >= 0.3 is 0 Å². The van der Waals surface area contributed by atoms with Gasteiger partial charge in [0.1, 0.15) is 0 Å². The second-order valence-electron chi connectivity index (χ2n) is 5.17. The fourth-order valence-corrected chi connectivity index (χ4v) is 3.05. The number of amides is 2. The Labute approximate surface area is 102 Å². The van der Waals surface area contributed by atoms with Crippen molar-refractivity contribution < 1.29 is 9.59 Å². The molecule has 2 amide bonds. The molecule has 2 rings (SSSR count). The molecule has 96 valence electrons. The van der Waals surface area contributed by atoms with Crippen molar-refractivity contribution in [2.75, 3.05) is 26.2 Å². The molecule has 1 aliphatic carbocycles. The number of carbonyl (C=O) groups is 2. The van der Waals surface area contributed by atoms with E-state index in [2.05, 4.69) is 5.32 Å². The molecule has 17 heavy (non-hydrogen) atoms. The van der Waals surface area contributed by atoms with Gasteiger partial charge in [0.05, 0.1) is 5.41 Å². The maximum Gasteiger partial charge on any atom is 0.229 e. The first-order valence-electron chi connectivity index (χ1n) is 6.42. The van der Waals surface area contributed by atoms with Crippen molar-refractivity contribution in [3.8, 4) is 0 Å². The molecule has 2 aliphatic rings. The Kier molecular flexibility index (Phi) is 3.66. The van der Waals surface area contributed by atoms with Crippen molar-refractivity contribution >= 4 is 11.8 Å². The minimum Gasteiger partial charge on any atom is -0.370 e. The fraction of sp³-hybridized carbons (Fsp3) is 0.833. The lowest BCUT2D eigenvalue weighted by Gasteiger charge is -2.36. The maximum atomic E-state index is 12.5. The largest absolute Gasteiger partial charge is 0.370 e. The predicted molar refractivity (Wildman–Crippen MR) is 64.2 cm³/mol. The molecule has 1 heterocycles. The highest BCUT2D eigenvalue weighted by atomic mass is 16.2. The van der Waals surface area contributed by atoms with E-state index < -0.39 is 5.41 Å². The van der Waals surface area contributed by atoms with E-state index in [9.17, 15) is 9.59 Å². The smallest absolute Gasteiger partial charge is 0.229 e. The first-order chi connectivity index (χ1) is 8.14. The van der Waals surface area contributed by atoms with Crippen molar-refractivity contribution in [2.45, 2.75) is 32.1 Å². The first-order valence-corrected chi connectivity index (χ1v) is 6.42. The molecule has 0 radical (unpaired) electrons. The summed E-state index contributed by atoms with van der Waals surface area (Å²) in [5, 5.41) is 3.23. The number of hydrogen-bond acceptors (Lipinski definition) is 3. The van der Waals surface area contributed by atoms with Crippen molar-refractivity contribution in [1.29, 1.82) is 0 Å². The topological polar surface area (TPSA) is 75.4 Å². The maximum absolute atomic E-state index is 12.5. The molecular formula is C12H21N3O2. The zero-order chi connectivity index (χ0) is 12.3. The van der Waals surface area contributed by atoms with E-state index in [1.807, 2.05) is 4.90 Å². The summed E-state index contributed by atoms with van der Waals surface area (Å²) in [6.07, 6.45) is 3.92. The molecule has 0 aromatic heterocycles. The molecule has 1 saturated carbocycles. The fourth-order valence-electron chi connectivity index (χ4n) is 3.05. The van der Waals surface area contributed by atoms with Crippen LogP contribution in [0.15, 0.2) is 0 Å². The third-order valence-electron chi connectivity index (χ3n) is 3.93. The summed E-state index contributed by atoms with van der Waals surface area (Å²) < 4.78 is 0. The molecule has 0 atom stereocenters. The molecule has 5 nitrogen and oxygen atoms in total. The first kappa shape index (κ1) is 12.4. The molecule has 5 heteroatoms. The highest BCUT2D eigenvalue weighted by Gasteiger charge is 2.44. The summed E-state index contributed by atoms with van der Waals surface area (Å²) in [5.41, 5.74) is 4.82. The van der Waals surface area contributed by atoms with Gasteiger partial charge in [-0.05, 0) is 12.8 Å². The van der Waals surface area contributed by atoms with Crippen LogP contribution < -0.4 is 11.1 Å². The molecule has 1 aliphatic heterocycles. The van der Waals surface area contributed by atoms with Crippen LogP contribution in [-0.2, 0) is 9.59 Å². The lowest BCUT2D eigenvalue weighted by molar-refractivity contribution is -0.145. The quantitative estimate of drug-likeness (QED) is 0.719. The zero-order valence-electron chi connectivity index (χ0n) is 10.2. The summed E-state index contributed by atoms with van der Waals surface area (Å²) in [5.74, 6) is -0.203. The summed E-state index contributed by atoms with van der Waals surface area (Å²) >= 11 is 0. The van der Waals surface area contributed by atoms with Crippen molar-refractivity contribution in [3.05, 3.63) is 0 Å². The van der Waals surface area contributed by atoms with Gasteiger partial charge in [0, 0.05) is 32.6 Å². The number of nitrogens with two attached hydrogens (primary N) is 1. The average Bonchev–Trinajstić information content (AvgIpc) is 2.78. The standard InChI is InChI=1S/C12H21N3O2/c13-10(16)9-12(3-1-2-4-12)11(17)15-7-5-14-6-8-15/h14H,1-9H2,(H2,13,16). The molecule has 0 bridgehead atoms. The molecule has 1 saturated heterocycles. The van der Waals surface area contributed by atoms with Crippen LogP contribution in [0.2, 0.25) is 0 Å². The van der Waals surface area contributed by atoms with Gasteiger partial charge in [-0.15, -0.1) is 0 Å². The Morgan fingerprint density at radius 1 is 1.18 bits per heavy atom. The average molecular weight is 239 g/mol. The van der Waals surface area contributed by atoms with E-state index in [4.69, 9.17) is 5.73 Å². The van der Waals surface area contributed by atoms with Crippen molar-refractivity contribution in [2.24, 2.45) is 11.1 Å². The van der Waals surface area contributed by atoms with E-state index in [0.29, 0.717) is 0 Å². The predicted octanol–water partition coefficient (Wildman–Crippen LogP) is -0.146. The van der Waals surface area contributed by atoms with Crippen LogP contribution >= 0.6 is 0 Å². The molecule has 0 aromatic carbocycles. The van der Waals surface area contributed by atoms with E-state index >= 15 is 0 Å². The number of nitrogens with one attached hydrogen (secondary N) is 1. The van der Waals surface area contributed by atoms with Crippen molar-refractivity contribution in [3.63, 3.8) is 0 Å².